The molecule has 0 amide bonds. The van der Waals surface area contributed by atoms with Crippen LogP contribution in [0.25, 0.3) is 0 Å². The highest BCUT2D eigenvalue weighted by Crippen LogP contribution is 2.27. The van der Waals surface area contributed by atoms with Crippen molar-refractivity contribution in [2.45, 2.75) is 25.6 Å². The van der Waals surface area contributed by atoms with Crippen LogP contribution in [0.5, 0.6) is 0 Å². The molecule has 0 aliphatic carbocycles. The number of nitrogens with zero attached hydrogens (tertiary/aromatic N) is 1. The van der Waals surface area contributed by atoms with Gasteiger partial charge in [0.15, 0.2) is 0 Å². The zero-order chi connectivity index (χ0) is 13.6. The Morgan fingerprint density at radius 1 is 1.47 bits per heavy atom. The second-order valence-corrected chi connectivity index (χ2v) is 4.92. The monoisotopic (exact) mass is 271 g/mol. The van der Waals surface area contributed by atoms with E-state index in [1.807, 2.05) is 13.2 Å². The Hall–Kier alpha value is -0.430. The Balaban J connectivity index is 4.60. The maximum Gasteiger partial charge on any atom is 0.399 e. The van der Waals surface area contributed by atoms with Gasteiger partial charge in [-0.15, -0.1) is 0 Å². The molecule has 0 spiro atoms. The number of hydrogen-bond donors (Lipinski definition) is 2. The fourth-order valence-electron chi connectivity index (χ4n) is 1.56. The van der Waals surface area contributed by atoms with Gasteiger partial charge < -0.3 is 10.6 Å². The zero-order valence-corrected chi connectivity index (χ0v) is 11.2. The van der Waals surface area contributed by atoms with Gasteiger partial charge in [0.2, 0.25) is 0 Å². The second-order valence-electron chi connectivity index (χ2n) is 4.01. The van der Waals surface area contributed by atoms with Gasteiger partial charge in [0.05, 0.1) is 0 Å². The summed E-state index contributed by atoms with van der Waals surface area (Å²) in [7, 11) is 1.64. The molecule has 0 fully saturated rings. The average molecular weight is 271 g/mol. The average Bonchev–Trinajstić information content (AvgIpc) is 2.19. The molecule has 2 atom stereocenters. The fraction of sp³-hybridized carbons (Fsp3) is 0.900. The van der Waals surface area contributed by atoms with Crippen LogP contribution in [0.4, 0.5) is 13.2 Å². The van der Waals surface area contributed by atoms with Gasteiger partial charge >= 0.3 is 6.18 Å². The molecule has 0 aliphatic rings. The van der Waals surface area contributed by atoms with E-state index >= 15 is 0 Å². The first-order chi connectivity index (χ1) is 7.73. The quantitative estimate of drug-likeness (QED) is 0.551. The molecule has 2 unspecified atom stereocenters. The van der Waals surface area contributed by atoms with Gasteiger partial charge in [0.1, 0.15) is 11.8 Å². The lowest BCUT2D eigenvalue weighted by atomic mass is 10.1. The predicted molar refractivity (Wildman–Crippen MR) is 66.6 cm³/mol. The van der Waals surface area contributed by atoms with Crippen LogP contribution < -0.4 is 5.73 Å². The summed E-state index contributed by atoms with van der Waals surface area (Å²) < 4.78 is 37.9. The maximum atomic E-state index is 12.6. The van der Waals surface area contributed by atoms with Crippen molar-refractivity contribution in [3.63, 3.8) is 0 Å². The van der Waals surface area contributed by atoms with E-state index in [0.29, 0.717) is 0 Å². The van der Waals surface area contributed by atoms with Gasteiger partial charge in [-0.05, 0) is 19.7 Å². The van der Waals surface area contributed by atoms with E-state index < -0.39 is 17.9 Å². The molecule has 0 bridgehead atoms. The van der Waals surface area contributed by atoms with Gasteiger partial charge in [-0.3, -0.25) is 5.41 Å². The molecule has 7 heteroatoms. The number of amidine groups is 1. The lowest BCUT2D eigenvalue weighted by Gasteiger charge is -2.30. The van der Waals surface area contributed by atoms with Crippen LogP contribution in [0.2, 0.25) is 0 Å². The van der Waals surface area contributed by atoms with Crippen molar-refractivity contribution in [2.75, 3.05) is 25.6 Å². The van der Waals surface area contributed by atoms with E-state index in [1.165, 1.54) is 0 Å². The van der Waals surface area contributed by atoms with Crippen molar-refractivity contribution < 1.29 is 13.2 Å². The van der Waals surface area contributed by atoms with E-state index in [2.05, 4.69) is 0 Å². The molecule has 0 saturated carbocycles. The third-order valence-corrected chi connectivity index (χ3v) is 3.41. The fourth-order valence-corrected chi connectivity index (χ4v) is 2.44. The number of hydrogen-bond acceptors (Lipinski definition) is 3. The van der Waals surface area contributed by atoms with Crippen LogP contribution in [0.1, 0.15) is 13.3 Å². The Labute approximate surface area is 104 Å². The molecule has 0 rings (SSSR count). The topological polar surface area (TPSA) is 53.1 Å². The smallest absolute Gasteiger partial charge is 0.387 e. The van der Waals surface area contributed by atoms with Crippen molar-refractivity contribution >= 4 is 17.6 Å². The Kier molecular flexibility index (Phi) is 6.92. The summed E-state index contributed by atoms with van der Waals surface area (Å²) in [6.07, 6.45) is -1.75. The summed E-state index contributed by atoms with van der Waals surface area (Å²) >= 11 is 1.60. The lowest BCUT2D eigenvalue weighted by molar-refractivity contribution is -0.160. The van der Waals surface area contributed by atoms with E-state index in [1.54, 1.807) is 23.7 Å². The summed E-state index contributed by atoms with van der Waals surface area (Å²) in [6, 6.07) is 0.0780. The number of thioether (sulfide) groups is 1. The van der Waals surface area contributed by atoms with Crippen molar-refractivity contribution in [3.05, 3.63) is 0 Å². The number of nitrogens with two attached hydrogens (primary N) is 1. The minimum atomic E-state index is -4.45. The Morgan fingerprint density at radius 2 is 2.00 bits per heavy atom. The second kappa shape index (κ2) is 7.10. The summed E-state index contributed by atoms with van der Waals surface area (Å²) in [6.45, 7) is 1.69. The third-order valence-electron chi connectivity index (χ3n) is 2.69. The molecule has 0 radical (unpaired) electrons. The summed E-state index contributed by atoms with van der Waals surface area (Å²) in [5, 5.41) is 7.03. The molecular formula is C10H20F3N3S. The molecule has 0 heterocycles. The van der Waals surface area contributed by atoms with Crippen LogP contribution in [-0.4, -0.2) is 48.6 Å². The lowest BCUT2D eigenvalue weighted by Crippen LogP contribution is -2.46. The molecule has 0 aromatic heterocycles. The summed E-state index contributed by atoms with van der Waals surface area (Å²) in [5.74, 6) is -1.91. The zero-order valence-electron chi connectivity index (χ0n) is 10.3. The van der Waals surface area contributed by atoms with Gasteiger partial charge in [0.25, 0.3) is 0 Å². The van der Waals surface area contributed by atoms with Crippen molar-refractivity contribution in [3.8, 4) is 0 Å². The minimum absolute atomic E-state index is 0.0780. The highest BCUT2D eigenvalue weighted by Gasteiger charge is 2.42. The first-order valence-corrected chi connectivity index (χ1v) is 6.73. The highest BCUT2D eigenvalue weighted by atomic mass is 32.2. The van der Waals surface area contributed by atoms with Gasteiger partial charge in [-0.25, -0.2) is 0 Å². The Morgan fingerprint density at radius 3 is 2.29 bits per heavy atom. The molecule has 0 saturated heterocycles. The normalized spacial score (nSPS) is 15.9. The van der Waals surface area contributed by atoms with Crippen molar-refractivity contribution in [1.29, 1.82) is 5.41 Å². The summed E-state index contributed by atoms with van der Waals surface area (Å²) in [5.41, 5.74) is 5.02. The van der Waals surface area contributed by atoms with E-state index in [9.17, 15) is 13.2 Å². The number of nitrogens with one attached hydrogen (secondary N) is 1. The number of halogens is 3. The van der Waals surface area contributed by atoms with Crippen LogP contribution in [0.3, 0.4) is 0 Å². The van der Waals surface area contributed by atoms with Crippen LogP contribution >= 0.6 is 11.8 Å². The summed E-state index contributed by atoms with van der Waals surface area (Å²) in [4.78, 5) is 1.63. The molecule has 3 nitrogen and oxygen atoms in total. The maximum absolute atomic E-state index is 12.6. The van der Waals surface area contributed by atoms with E-state index in [0.717, 1.165) is 12.2 Å². The van der Waals surface area contributed by atoms with E-state index in [4.69, 9.17) is 11.1 Å². The molecule has 17 heavy (non-hydrogen) atoms. The molecule has 102 valence electrons. The van der Waals surface area contributed by atoms with Crippen LogP contribution in [0, 0.1) is 11.3 Å². The highest BCUT2D eigenvalue weighted by molar-refractivity contribution is 7.98. The SMILES string of the molecule is CCC(CSC)N(C)CC(C(=N)N)C(F)(F)F. The molecule has 0 aromatic carbocycles. The number of rotatable bonds is 7. The van der Waals surface area contributed by atoms with Gasteiger partial charge in [0, 0.05) is 18.3 Å². The first-order valence-electron chi connectivity index (χ1n) is 5.33. The molecule has 3 N–H and O–H groups in total. The van der Waals surface area contributed by atoms with Crippen molar-refractivity contribution in [1.82, 2.24) is 4.90 Å². The van der Waals surface area contributed by atoms with Gasteiger partial charge in [-0.1, -0.05) is 6.92 Å². The third kappa shape index (κ3) is 5.63. The Bertz CT molecular complexity index is 245. The molecule has 0 aliphatic heterocycles. The van der Waals surface area contributed by atoms with Crippen LogP contribution in [0.15, 0.2) is 0 Å². The predicted octanol–water partition coefficient (Wildman–Crippen LogP) is 2.17. The number of alkyl halides is 3. The van der Waals surface area contributed by atoms with Crippen LogP contribution in [-0.2, 0) is 0 Å². The van der Waals surface area contributed by atoms with Gasteiger partial charge in [-0.2, -0.15) is 24.9 Å². The first kappa shape index (κ1) is 16.6. The largest absolute Gasteiger partial charge is 0.399 e. The minimum Gasteiger partial charge on any atom is -0.387 e. The molecule has 0 aromatic rings. The standard InChI is InChI=1S/C10H20F3N3S/c1-4-7(6-17-3)16(2)5-8(9(14)15)10(11,12)13/h7-8H,4-6H2,1-3H3,(H3,14,15). The van der Waals surface area contributed by atoms with Crippen molar-refractivity contribution in [2.24, 2.45) is 11.7 Å². The van der Waals surface area contributed by atoms with E-state index in [-0.39, 0.29) is 12.6 Å². The molecular weight excluding hydrogens is 251 g/mol.